The van der Waals surface area contributed by atoms with Crippen LogP contribution < -0.4 is 0 Å². The molecule has 2 aromatic rings. The summed E-state index contributed by atoms with van der Waals surface area (Å²) < 4.78 is 10.1. The van der Waals surface area contributed by atoms with Crippen molar-refractivity contribution >= 4 is 35.1 Å². The molecule has 2 aromatic carbocycles. The number of carbonyl (C=O) groups is 6. The number of hydrogen-bond donors (Lipinski definition) is 0. The van der Waals surface area contributed by atoms with Gasteiger partial charge in [-0.15, -0.1) is 0 Å². The number of fused-ring (bicyclic) bond motifs is 2. The lowest BCUT2D eigenvalue weighted by atomic mass is 9.94. The summed E-state index contributed by atoms with van der Waals surface area (Å²) in [5.74, 6) is -4.04. The van der Waals surface area contributed by atoms with Crippen molar-refractivity contribution in [3.05, 3.63) is 94.5 Å². The van der Waals surface area contributed by atoms with Crippen molar-refractivity contribution in [3.63, 3.8) is 0 Å². The van der Waals surface area contributed by atoms with Gasteiger partial charge in [-0.05, 0) is 12.8 Å². The lowest BCUT2D eigenvalue weighted by molar-refractivity contribution is -0.141. The maximum absolute atomic E-state index is 12.4. The van der Waals surface area contributed by atoms with Crippen LogP contribution in [0.2, 0.25) is 0 Å². The summed E-state index contributed by atoms with van der Waals surface area (Å²) in [6.07, 6.45) is 2.29. The minimum absolute atomic E-state index is 0.0960. The predicted octanol–water partition coefficient (Wildman–Crippen LogP) is 3.56. The Morgan fingerprint density at radius 3 is 1.29 bits per heavy atom. The quantitative estimate of drug-likeness (QED) is 0.456. The van der Waals surface area contributed by atoms with Crippen LogP contribution >= 0.6 is 0 Å². The van der Waals surface area contributed by atoms with E-state index in [9.17, 15) is 28.8 Å². The molecule has 2 aliphatic carbocycles. The van der Waals surface area contributed by atoms with Crippen molar-refractivity contribution in [1.29, 1.82) is 0 Å². The fourth-order valence-electron chi connectivity index (χ4n) is 3.62. The van der Waals surface area contributed by atoms with Crippen LogP contribution in [0.5, 0.6) is 0 Å². The van der Waals surface area contributed by atoms with Gasteiger partial charge in [0, 0.05) is 47.2 Å². The third kappa shape index (κ3) is 4.66. The highest BCUT2D eigenvalue weighted by molar-refractivity contribution is 6.25. The van der Waals surface area contributed by atoms with Crippen LogP contribution in [-0.4, -0.2) is 35.1 Å². The molecule has 0 saturated heterocycles. The van der Waals surface area contributed by atoms with E-state index in [2.05, 4.69) is 0 Å². The third-order valence-electron chi connectivity index (χ3n) is 5.31. The van der Waals surface area contributed by atoms with E-state index >= 15 is 0 Å². The molecule has 0 atom stereocenters. The SMILES string of the molecule is O=C(CCCCC(=O)OC1=CC(=O)c2ccccc2C1=O)OC1=CC(=O)c2ccccc2C1=O. The lowest BCUT2D eigenvalue weighted by Crippen LogP contribution is -2.21. The van der Waals surface area contributed by atoms with E-state index in [4.69, 9.17) is 9.47 Å². The molecule has 0 unspecified atom stereocenters. The van der Waals surface area contributed by atoms with E-state index in [1.54, 1.807) is 24.3 Å². The Morgan fingerprint density at radius 2 is 0.912 bits per heavy atom. The van der Waals surface area contributed by atoms with E-state index in [1.807, 2.05) is 0 Å². The summed E-state index contributed by atoms with van der Waals surface area (Å²) in [7, 11) is 0. The van der Waals surface area contributed by atoms with Crippen molar-refractivity contribution in [2.75, 3.05) is 0 Å². The van der Waals surface area contributed by atoms with Crippen LogP contribution in [0.3, 0.4) is 0 Å². The second kappa shape index (κ2) is 9.58. The first-order chi connectivity index (χ1) is 16.3. The molecule has 0 heterocycles. The molecule has 2 aliphatic rings. The Labute approximate surface area is 193 Å². The number of benzene rings is 2. The highest BCUT2D eigenvalue weighted by Gasteiger charge is 2.29. The molecule has 0 aliphatic heterocycles. The molecule has 0 fully saturated rings. The molecule has 8 heteroatoms. The van der Waals surface area contributed by atoms with Gasteiger partial charge in [0.05, 0.1) is 0 Å². The van der Waals surface area contributed by atoms with Crippen LogP contribution in [0.25, 0.3) is 0 Å². The van der Waals surface area contributed by atoms with Gasteiger partial charge >= 0.3 is 11.9 Å². The van der Waals surface area contributed by atoms with Gasteiger partial charge in [-0.3, -0.25) is 28.8 Å². The van der Waals surface area contributed by atoms with Crippen molar-refractivity contribution in [3.8, 4) is 0 Å². The summed E-state index contributed by atoms with van der Waals surface area (Å²) in [6, 6.07) is 12.5. The molecule has 0 N–H and O–H groups in total. The minimum atomic E-state index is -0.715. The van der Waals surface area contributed by atoms with Gasteiger partial charge in [0.1, 0.15) is 0 Å². The first kappa shape index (κ1) is 22.7. The first-order valence-electron chi connectivity index (χ1n) is 10.6. The molecule has 0 aromatic heterocycles. The maximum atomic E-state index is 12.4. The molecule has 34 heavy (non-hydrogen) atoms. The topological polar surface area (TPSA) is 121 Å². The van der Waals surface area contributed by atoms with Crippen LogP contribution in [0, 0.1) is 0 Å². The highest BCUT2D eigenvalue weighted by Crippen LogP contribution is 2.24. The number of hydrogen-bond acceptors (Lipinski definition) is 8. The Hall–Kier alpha value is -4.46. The van der Waals surface area contributed by atoms with Gasteiger partial charge in [-0.2, -0.15) is 0 Å². The predicted molar refractivity (Wildman–Crippen MR) is 117 cm³/mol. The van der Waals surface area contributed by atoms with Crippen LogP contribution in [-0.2, 0) is 19.1 Å². The van der Waals surface area contributed by atoms with E-state index in [1.165, 1.54) is 24.3 Å². The normalized spacial score (nSPS) is 14.6. The van der Waals surface area contributed by atoms with Crippen molar-refractivity contribution in [1.82, 2.24) is 0 Å². The number of unbranched alkanes of at least 4 members (excludes halogenated alkanes) is 1. The number of rotatable bonds is 7. The molecule has 0 saturated carbocycles. The largest absolute Gasteiger partial charge is 0.422 e. The van der Waals surface area contributed by atoms with Crippen molar-refractivity contribution in [2.24, 2.45) is 0 Å². The van der Waals surface area contributed by atoms with Crippen molar-refractivity contribution in [2.45, 2.75) is 25.7 Å². The van der Waals surface area contributed by atoms with E-state index < -0.39 is 35.1 Å². The van der Waals surface area contributed by atoms with E-state index in [-0.39, 0.29) is 59.5 Å². The number of ether oxygens (including phenoxy) is 2. The van der Waals surface area contributed by atoms with Gasteiger partial charge in [0.2, 0.25) is 11.6 Å². The zero-order valence-corrected chi connectivity index (χ0v) is 17.9. The molecule has 0 amide bonds. The molecular formula is C26H18O8. The average molecular weight is 458 g/mol. The molecule has 0 spiro atoms. The summed E-state index contributed by atoms with van der Waals surface area (Å²) in [5, 5.41) is 0. The summed E-state index contributed by atoms with van der Waals surface area (Å²) in [6.45, 7) is 0. The fourth-order valence-corrected chi connectivity index (χ4v) is 3.62. The minimum Gasteiger partial charge on any atom is -0.422 e. The molecule has 8 nitrogen and oxygen atoms in total. The van der Waals surface area contributed by atoms with Crippen molar-refractivity contribution < 1.29 is 38.2 Å². The van der Waals surface area contributed by atoms with Gasteiger partial charge < -0.3 is 9.47 Å². The molecule has 0 bridgehead atoms. The molecular weight excluding hydrogens is 440 g/mol. The maximum Gasteiger partial charge on any atom is 0.311 e. The van der Waals surface area contributed by atoms with Gasteiger partial charge in [0.25, 0.3) is 0 Å². The Kier molecular flexibility index (Phi) is 6.40. The number of allylic oxidation sites excluding steroid dienone is 4. The Morgan fingerprint density at radius 1 is 0.559 bits per heavy atom. The second-order valence-corrected chi connectivity index (χ2v) is 7.65. The van der Waals surface area contributed by atoms with Gasteiger partial charge in [0.15, 0.2) is 23.1 Å². The molecule has 0 radical (unpaired) electrons. The summed E-state index contributed by atoms with van der Waals surface area (Å²) in [4.78, 5) is 73.3. The Bertz CT molecular complexity index is 1210. The summed E-state index contributed by atoms with van der Waals surface area (Å²) >= 11 is 0. The highest BCUT2D eigenvalue weighted by atomic mass is 16.5. The van der Waals surface area contributed by atoms with Crippen LogP contribution in [0.15, 0.2) is 72.2 Å². The first-order valence-corrected chi connectivity index (χ1v) is 10.6. The number of carbonyl (C=O) groups excluding carboxylic acids is 6. The Balaban J connectivity index is 1.24. The number of ketones is 4. The lowest BCUT2D eigenvalue weighted by Gasteiger charge is -2.15. The number of Topliss-reactive ketones (excluding diaryl/α,β-unsaturated/α-hetero) is 2. The fraction of sp³-hybridized carbons (Fsp3) is 0.154. The smallest absolute Gasteiger partial charge is 0.311 e. The van der Waals surface area contributed by atoms with E-state index in [0.717, 1.165) is 12.2 Å². The van der Waals surface area contributed by atoms with Crippen LogP contribution in [0.1, 0.15) is 67.1 Å². The zero-order valence-electron chi connectivity index (χ0n) is 17.9. The average Bonchev–Trinajstić information content (AvgIpc) is 2.83. The van der Waals surface area contributed by atoms with E-state index in [0.29, 0.717) is 0 Å². The van der Waals surface area contributed by atoms with Gasteiger partial charge in [-0.1, -0.05) is 48.5 Å². The molecule has 170 valence electrons. The standard InChI is InChI=1S/C26H18O8/c27-19-13-21(25(31)17-9-3-1-7-15(17)19)33-23(29)11-5-6-12-24(30)34-22-14-20(28)16-8-2-4-10-18(16)26(22)32/h1-4,7-10,13-14H,5-6,11-12H2. The zero-order chi connectivity index (χ0) is 24.2. The summed E-state index contributed by atoms with van der Waals surface area (Å²) in [5.41, 5.74) is 0.853. The third-order valence-corrected chi connectivity index (χ3v) is 5.31. The number of esters is 2. The van der Waals surface area contributed by atoms with Gasteiger partial charge in [-0.25, -0.2) is 0 Å². The van der Waals surface area contributed by atoms with Crippen LogP contribution in [0.4, 0.5) is 0 Å². The monoisotopic (exact) mass is 458 g/mol. The molecule has 4 rings (SSSR count). The second-order valence-electron chi connectivity index (χ2n) is 7.65.